The second-order valence-electron chi connectivity index (χ2n) is 8.25. The lowest BCUT2D eigenvalue weighted by atomic mass is 9.81. The number of fused-ring (bicyclic) bond motifs is 3. The Morgan fingerprint density at radius 2 is 1.41 bits per heavy atom. The first-order chi connectivity index (χ1) is 15.4. The summed E-state index contributed by atoms with van der Waals surface area (Å²) in [6.45, 7) is 0.432. The number of methoxy groups -OCH3 is 2. The van der Waals surface area contributed by atoms with Gasteiger partial charge in [-0.25, -0.2) is 0 Å². The highest BCUT2D eigenvalue weighted by atomic mass is 16.5. The highest BCUT2D eigenvalue weighted by molar-refractivity contribution is 5.59. The Morgan fingerprint density at radius 1 is 0.781 bits per heavy atom. The summed E-state index contributed by atoms with van der Waals surface area (Å²) < 4.78 is 16.8. The van der Waals surface area contributed by atoms with Gasteiger partial charge in [0.2, 0.25) is 0 Å². The van der Waals surface area contributed by atoms with E-state index in [0.29, 0.717) is 18.1 Å². The van der Waals surface area contributed by atoms with E-state index in [1.807, 2.05) is 6.07 Å². The van der Waals surface area contributed by atoms with Crippen LogP contribution in [0, 0.1) is 5.92 Å². The van der Waals surface area contributed by atoms with Crippen molar-refractivity contribution in [3.8, 4) is 34.5 Å². The minimum atomic E-state index is -0.349. The molecule has 1 aliphatic heterocycles. The Balaban J connectivity index is 1.65. The highest BCUT2D eigenvalue weighted by Gasteiger charge is 2.51. The molecular weight excluding hydrogens is 412 g/mol. The highest BCUT2D eigenvalue weighted by Crippen LogP contribution is 2.62. The summed E-state index contributed by atoms with van der Waals surface area (Å²) in [6, 6.07) is 13.3. The second-order valence-corrected chi connectivity index (χ2v) is 8.25. The monoisotopic (exact) mass is 436 g/mol. The third-order valence-corrected chi connectivity index (χ3v) is 6.62. The van der Waals surface area contributed by atoms with Crippen LogP contribution in [-0.4, -0.2) is 41.3 Å². The Morgan fingerprint density at radius 3 is 2.06 bits per heavy atom. The molecule has 5 rings (SSSR count). The lowest BCUT2D eigenvalue weighted by Crippen LogP contribution is -2.13. The normalized spacial score (nSPS) is 23.6. The van der Waals surface area contributed by atoms with Crippen LogP contribution in [0.2, 0.25) is 0 Å². The zero-order valence-electron chi connectivity index (χ0n) is 17.6. The van der Waals surface area contributed by atoms with Gasteiger partial charge in [-0.15, -0.1) is 0 Å². The minimum Gasteiger partial charge on any atom is -0.508 e. The molecule has 7 heteroatoms. The zero-order valence-corrected chi connectivity index (χ0v) is 17.6. The van der Waals surface area contributed by atoms with Crippen LogP contribution in [0.3, 0.4) is 0 Å². The average Bonchev–Trinajstić information content (AvgIpc) is 3.33. The lowest BCUT2D eigenvalue weighted by molar-refractivity contribution is 0.0988. The van der Waals surface area contributed by atoms with Gasteiger partial charge in [-0.2, -0.15) is 0 Å². The molecule has 1 aliphatic carbocycles. The fraction of sp³-hybridized carbons (Fsp3) is 0.280. The Labute approximate surface area is 185 Å². The second kappa shape index (κ2) is 7.53. The van der Waals surface area contributed by atoms with Crippen molar-refractivity contribution in [1.82, 2.24) is 0 Å². The third-order valence-electron chi connectivity index (χ3n) is 6.62. The van der Waals surface area contributed by atoms with Crippen molar-refractivity contribution in [3.63, 3.8) is 0 Å². The fourth-order valence-electron chi connectivity index (χ4n) is 5.29. The molecular formula is C25H24O7. The van der Waals surface area contributed by atoms with E-state index in [0.717, 1.165) is 22.3 Å². The van der Waals surface area contributed by atoms with Crippen molar-refractivity contribution in [2.75, 3.05) is 20.8 Å². The molecule has 0 amide bonds. The SMILES string of the molecule is COc1cc([C@H]2c3c(O)cc(O)cc3[C@H]3[C@@H]2CO[C@@H]3c2ccc(O)c(OC)c2)ccc1O. The van der Waals surface area contributed by atoms with Gasteiger partial charge in [0.05, 0.1) is 26.9 Å². The molecule has 166 valence electrons. The van der Waals surface area contributed by atoms with Gasteiger partial charge >= 0.3 is 0 Å². The molecule has 32 heavy (non-hydrogen) atoms. The number of hydrogen-bond acceptors (Lipinski definition) is 7. The molecule has 3 aromatic rings. The summed E-state index contributed by atoms with van der Waals surface area (Å²) in [5.41, 5.74) is 3.27. The van der Waals surface area contributed by atoms with Crippen LogP contribution in [0.25, 0.3) is 0 Å². The quantitative estimate of drug-likeness (QED) is 0.487. The summed E-state index contributed by atoms with van der Waals surface area (Å²) in [5, 5.41) is 41.1. The van der Waals surface area contributed by atoms with Gasteiger partial charge in [-0.1, -0.05) is 12.1 Å². The third kappa shape index (κ3) is 3.00. The molecule has 3 aromatic carbocycles. The number of ether oxygens (including phenoxy) is 3. The largest absolute Gasteiger partial charge is 0.508 e. The van der Waals surface area contributed by atoms with Gasteiger partial charge in [0.25, 0.3) is 0 Å². The van der Waals surface area contributed by atoms with Gasteiger partial charge in [0, 0.05) is 29.4 Å². The van der Waals surface area contributed by atoms with Crippen molar-refractivity contribution >= 4 is 0 Å². The van der Waals surface area contributed by atoms with Gasteiger partial charge in [-0.05, 0) is 47.0 Å². The average molecular weight is 436 g/mol. The van der Waals surface area contributed by atoms with Gasteiger partial charge in [0.15, 0.2) is 23.0 Å². The van der Waals surface area contributed by atoms with Crippen LogP contribution in [0.15, 0.2) is 48.5 Å². The number of aromatic hydroxyl groups is 4. The Kier molecular flexibility index (Phi) is 4.78. The van der Waals surface area contributed by atoms with Crippen LogP contribution in [0.5, 0.6) is 34.5 Å². The molecule has 1 heterocycles. The molecule has 1 fully saturated rings. The van der Waals surface area contributed by atoms with E-state index in [2.05, 4.69) is 0 Å². The summed E-state index contributed by atoms with van der Waals surface area (Å²) in [7, 11) is 2.99. The van der Waals surface area contributed by atoms with Gasteiger partial charge in [0.1, 0.15) is 11.5 Å². The van der Waals surface area contributed by atoms with Gasteiger partial charge in [-0.3, -0.25) is 0 Å². The summed E-state index contributed by atoms with van der Waals surface area (Å²) in [6.07, 6.45) is -0.349. The summed E-state index contributed by atoms with van der Waals surface area (Å²) in [4.78, 5) is 0. The standard InChI is InChI=1S/C25H24O7/c1-30-20-7-12(3-5-17(20)27)22-16-11-32-25(13-4-6-18(28)21(8-13)31-2)23(16)15-9-14(26)10-19(29)24(15)22/h3-10,16,22-23,25-29H,11H2,1-2H3/t16-,22-,23+,25-/m1/s1. The van der Waals surface area contributed by atoms with E-state index in [4.69, 9.17) is 14.2 Å². The summed E-state index contributed by atoms with van der Waals surface area (Å²) >= 11 is 0. The Bertz CT molecular complexity index is 1190. The van der Waals surface area contributed by atoms with Crippen molar-refractivity contribution < 1.29 is 34.6 Å². The molecule has 2 aliphatic rings. The number of phenols is 4. The van der Waals surface area contributed by atoms with Crippen molar-refractivity contribution in [2.45, 2.75) is 17.9 Å². The Hall–Kier alpha value is -3.58. The predicted octanol–water partition coefficient (Wildman–Crippen LogP) is 4.14. The van der Waals surface area contributed by atoms with Crippen molar-refractivity contribution in [2.24, 2.45) is 5.92 Å². The first-order valence-corrected chi connectivity index (χ1v) is 10.3. The van der Waals surface area contributed by atoms with Gasteiger partial charge < -0.3 is 34.6 Å². The van der Waals surface area contributed by atoms with E-state index < -0.39 is 0 Å². The van der Waals surface area contributed by atoms with E-state index in [-0.39, 0.29) is 46.9 Å². The van der Waals surface area contributed by atoms with E-state index >= 15 is 0 Å². The molecule has 0 radical (unpaired) electrons. The number of benzene rings is 3. The first-order valence-electron chi connectivity index (χ1n) is 10.3. The maximum absolute atomic E-state index is 10.8. The lowest BCUT2D eigenvalue weighted by Gasteiger charge is -2.21. The predicted molar refractivity (Wildman–Crippen MR) is 116 cm³/mol. The molecule has 7 nitrogen and oxygen atoms in total. The van der Waals surface area contributed by atoms with Crippen molar-refractivity contribution in [1.29, 1.82) is 0 Å². The zero-order chi connectivity index (χ0) is 22.6. The van der Waals surface area contributed by atoms with Crippen LogP contribution in [0.1, 0.15) is 40.2 Å². The van der Waals surface area contributed by atoms with E-state index in [1.165, 1.54) is 20.3 Å². The molecule has 0 spiro atoms. The van der Waals surface area contributed by atoms with Crippen molar-refractivity contribution in [3.05, 3.63) is 70.8 Å². The minimum absolute atomic E-state index is 0.0159. The van der Waals surface area contributed by atoms with E-state index in [1.54, 1.807) is 36.4 Å². The van der Waals surface area contributed by atoms with Crippen LogP contribution in [0.4, 0.5) is 0 Å². The molecule has 0 aromatic heterocycles. The molecule has 0 unspecified atom stereocenters. The van der Waals surface area contributed by atoms with Crippen LogP contribution < -0.4 is 9.47 Å². The molecule has 0 saturated carbocycles. The maximum Gasteiger partial charge on any atom is 0.160 e. The molecule has 1 saturated heterocycles. The number of phenolic OH excluding ortho intramolecular Hbond substituents is 4. The molecule has 4 N–H and O–H groups in total. The summed E-state index contributed by atoms with van der Waals surface area (Å²) in [5.74, 6) is 0.426. The number of hydrogen-bond donors (Lipinski definition) is 4. The molecule has 0 bridgehead atoms. The maximum atomic E-state index is 10.8. The fourth-order valence-corrected chi connectivity index (χ4v) is 5.29. The van der Waals surface area contributed by atoms with E-state index in [9.17, 15) is 20.4 Å². The van der Waals surface area contributed by atoms with Crippen LogP contribution >= 0.6 is 0 Å². The van der Waals surface area contributed by atoms with Crippen LogP contribution in [-0.2, 0) is 4.74 Å². The first kappa shape index (κ1) is 20.3. The molecule has 4 atom stereocenters. The number of rotatable bonds is 4. The smallest absolute Gasteiger partial charge is 0.160 e. The topological polar surface area (TPSA) is 109 Å².